The molecule has 0 N–H and O–H groups in total. The molecule has 5 rings (SSSR count). The van der Waals surface area contributed by atoms with Gasteiger partial charge in [-0.2, -0.15) is 0 Å². The van der Waals surface area contributed by atoms with Gasteiger partial charge in [0.15, 0.2) is 0 Å². The van der Waals surface area contributed by atoms with Crippen LogP contribution in [0.15, 0.2) is 0 Å². The van der Waals surface area contributed by atoms with E-state index in [2.05, 4.69) is 27.7 Å². The minimum atomic E-state index is -0.375. The summed E-state index contributed by atoms with van der Waals surface area (Å²) in [6.07, 6.45) is 8.20. The molecule has 5 aliphatic rings. The van der Waals surface area contributed by atoms with Crippen LogP contribution in [0.3, 0.4) is 0 Å². The fourth-order valence-corrected chi connectivity index (χ4v) is 7.28. The van der Waals surface area contributed by atoms with Gasteiger partial charge in [0.1, 0.15) is 6.10 Å². The molecule has 0 atom stereocenters. The Morgan fingerprint density at radius 2 is 1.26 bits per heavy atom. The summed E-state index contributed by atoms with van der Waals surface area (Å²) in [4.78, 5) is 31.1. The van der Waals surface area contributed by atoms with Crippen LogP contribution in [-0.2, 0) is 19.2 Å². The quantitative estimate of drug-likeness (QED) is 0.688. The lowest BCUT2D eigenvalue weighted by molar-refractivity contribution is -0.288. The highest BCUT2D eigenvalue weighted by atomic mass is 16.7. The maximum absolute atomic E-state index is 13.5. The first-order chi connectivity index (χ1) is 12.5. The highest BCUT2D eigenvalue weighted by Gasteiger charge is 2.57. The van der Waals surface area contributed by atoms with E-state index in [0.29, 0.717) is 12.8 Å². The van der Waals surface area contributed by atoms with Gasteiger partial charge in [-0.3, -0.25) is 4.79 Å². The van der Waals surface area contributed by atoms with Gasteiger partial charge in [-0.05, 0) is 84.0 Å². The molecule has 0 aromatic heterocycles. The summed E-state index contributed by atoms with van der Waals surface area (Å²) in [7, 11) is 0. The number of rotatable bonds is 3. The molecule has 0 amide bonds. The lowest BCUT2D eigenvalue weighted by Gasteiger charge is -2.57. The van der Waals surface area contributed by atoms with Crippen molar-refractivity contribution < 1.29 is 19.2 Å². The van der Waals surface area contributed by atoms with E-state index < -0.39 is 0 Å². The molecule has 5 fully saturated rings. The summed E-state index contributed by atoms with van der Waals surface area (Å²) >= 11 is 0. The molecule has 1 saturated heterocycles. The molecular formula is C22H35NO4. The Kier molecular flexibility index (Phi) is 4.41. The first-order valence-corrected chi connectivity index (χ1v) is 10.7. The standard InChI is InChI=1S/C22H35NO4/c1-14(24)26-18-12-20(2,3)23(21(4,5)13-18)27-19(25)22-9-15-6-16(10-22)8-17(7-15)11-22/h15-18H,6-13H2,1-5H3. The van der Waals surface area contributed by atoms with Crippen molar-refractivity contribution in [3.8, 4) is 0 Å². The molecule has 0 aromatic rings. The molecule has 27 heavy (non-hydrogen) atoms. The molecule has 4 aliphatic carbocycles. The SMILES string of the molecule is CC(=O)OC1CC(C)(C)N(OC(=O)C23CC4CC(CC(C4)C2)C3)C(C)(C)C1. The van der Waals surface area contributed by atoms with Crippen molar-refractivity contribution in [1.29, 1.82) is 0 Å². The molecular weight excluding hydrogens is 342 g/mol. The summed E-state index contributed by atoms with van der Waals surface area (Å²) in [5, 5.41) is 1.92. The molecule has 5 nitrogen and oxygen atoms in total. The number of esters is 1. The summed E-state index contributed by atoms with van der Waals surface area (Å²) in [5.74, 6) is 1.91. The van der Waals surface area contributed by atoms with E-state index in [4.69, 9.17) is 9.57 Å². The number of hydrogen-bond acceptors (Lipinski definition) is 5. The van der Waals surface area contributed by atoms with Crippen LogP contribution < -0.4 is 0 Å². The Bertz CT molecular complexity index is 585. The van der Waals surface area contributed by atoms with Gasteiger partial charge in [0, 0.05) is 19.8 Å². The van der Waals surface area contributed by atoms with Gasteiger partial charge in [-0.1, -0.05) is 0 Å². The lowest BCUT2D eigenvalue weighted by atomic mass is 9.49. The molecule has 1 aliphatic heterocycles. The van der Waals surface area contributed by atoms with Gasteiger partial charge in [0.25, 0.3) is 0 Å². The average molecular weight is 378 g/mol. The van der Waals surface area contributed by atoms with Crippen LogP contribution in [-0.4, -0.2) is 34.2 Å². The second kappa shape index (κ2) is 6.20. The zero-order valence-electron chi connectivity index (χ0n) is 17.5. The van der Waals surface area contributed by atoms with E-state index in [-0.39, 0.29) is 34.5 Å². The zero-order valence-corrected chi connectivity index (χ0v) is 17.5. The van der Waals surface area contributed by atoms with Gasteiger partial charge >= 0.3 is 11.9 Å². The fourth-order valence-electron chi connectivity index (χ4n) is 7.28. The van der Waals surface area contributed by atoms with Crippen LogP contribution in [0.25, 0.3) is 0 Å². The number of piperidine rings is 1. The highest BCUT2D eigenvalue weighted by Crippen LogP contribution is 2.60. The van der Waals surface area contributed by atoms with Crippen LogP contribution in [0.1, 0.15) is 86.0 Å². The maximum atomic E-state index is 13.5. The number of ether oxygens (including phenoxy) is 1. The van der Waals surface area contributed by atoms with Gasteiger partial charge in [0.05, 0.1) is 16.5 Å². The molecule has 0 unspecified atom stereocenters. The minimum absolute atomic E-state index is 0.00585. The van der Waals surface area contributed by atoms with Crippen molar-refractivity contribution in [2.45, 2.75) is 103 Å². The predicted molar refractivity (Wildman–Crippen MR) is 101 cm³/mol. The number of hydroxylamine groups is 2. The van der Waals surface area contributed by atoms with E-state index in [1.807, 2.05) is 5.06 Å². The topological polar surface area (TPSA) is 55.8 Å². The van der Waals surface area contributed by atoms with Gasteiger partial charge in [-0.15, -0.1) is 5.06 Å². The maximum Gasteiger partial charge on any atom is 0.331 e. The van der Waals surface area contributed by atoms with Crippen molar-refractivity contribution >= 4 is 11.9 Å². The first kappa shape index (κ1) is 19.2. The van der Waals surface area contributed by atoms with Gasteiger partial charge in [0.2, 0.25) is 0 Å². The lowest BCUT2D eigenvalue weighted by Crippen LogP contribution is -2.64. The van der Waals surface area contributed by atoms with E-state index in [1.165, 1.54) is 26.2 Å². The van der Waals surface area contributed by atoms with Crippen molar-refractivity contribution in [1.82, 2.24) is 5.06 Å². The third-order valence-electron chi connectivity index (χ3n) is 7.53. The van der Waals surface area contributed by atoms with Crippen LogP contribution in [0, 0.1) is 23.2 Å². The summed E-state index contributed by atoms with van der Waals surface area (Å²) in [6.45, 7) is 9.78. The zero-order chi connectivity index (χ0) is 19.6. The van der Waals surface area contributed by atoms with Crippen LogP contribution in [0.2, 0.25) is 0 Å². The van der Waals surface area contributed by atoms with Crippen molar-refractivity contribution in [2.24, 2.45) is 23.2 Å². The minimum Gasteiger partial charge on any atom is -0.462 e. The predicted octanol–water partition coefficient (Wildman–Crippen LogP) is 4.25. The Morgan fingerprint density at radius 3 is 1.67 bits per heavy atom. The Hall–Kier alpha value is -1.10. The molecule has 4 saturated carbocycles. The summed E-state index contributed by atoms with van der Waals surface area (Å²) in [5.41, 5.74) is -1.01. The largest absolute Gasteiger partial charge is 0.462 e. The second-order valence-electron chi connectivity index (χ2n) is 11.1. The smallest absolute Gasteiger partial charge is 0.331 e. The Labute approximate surface area is 163 Å². The molecule has 1 heterocycles. The Morgan fingerprint density at radius 1 is 0.815 bits per heavy atom. The Balaban J connectivity index is 1.51. The van der Waals surface area contributed by atoms with E-state index in [1.54, 1.807) is 0 Å². The van der Waals surface area contributed by atoms with Gasteiger partial charge in [-0.25, -0.2) is 4.79 Å². The number of hydrogen-bond donors (Lipinski definition) is 0. The summed E-state index contributed by atoms with van der Waals surface area (Å²) < 4.78 is 5.51. The monoisotopic (exact) mass is 377 g/mol. The molecule has 0 radical (unpaired) electrons. The van der Waals surface area contributed by atoms with E-state index >= 15 is 0 Å². The molecule has 4 bridgehead atoms. The number of carbonyl (C=O) groups is 2. The number of nitrogens with zero attached hydrogens (tertiary/aromatic N) is 1. The van der Waals surface area contributed by atoms with E-state index in [0.717, 1.165) is 37.0 Å². The highest BCUT2D eigenvalue weighted by molar-refractivity contribution is 5.77. The van der Waals surface area contributed by atoms with Crippen LogP contribution in [0.5, 0.6) is 0 Å². The molecule has 152 valence electrons. The van der Waals surface area contributed by atoms with Crippen molar-refractivity contribution in [2.75, 3.05) is 0 Å². The molecule has 5 heteroatoms. The van der Waals surface area contributed by atoms with Crippen LogP contribution >= 0.6 is 0 Å². The number of carbonyl (C=O) groups excluding carboxylic acids is 2. The first-order valence-electron chi connectivity index (χ1n) is 10.7. The van der Waals surface area contributed by atoms with Crippen molar-refractivity contribution in [3.63, 3.8) is 0 Å². The third kappa shape index (κ3) is 3.41. The third-order valence-corrected chi connectivity index (χ3v) is 7.53. The van der Waals surface area contributed by atoms with E-state index in [9.17, 15) is 9.59 Å². The second-order valence-corrected chi connectivity index (χ2v) is 11.1. The van der Waals surface area contributed by atoms with Gasteiger partial charge < -0.3 is 9.57 Å². The normalized spacial score (nSPS) is 40.0. The molecule has 0 spiro atoms. The van der Waals surface area contributed by atoms with Crippen molar-refractivity contribution in [3.05, 3.63) is 0 Å². The van der Waals surface area contributed by atoms with Crippen LogP contribution in [0.4, 0.5) is 0 Å². The molecule has 0 aromatic carbocycles. The summed E-state index contributed by atoms with van der Waals surface area (Å²) in [6, 6.07) is 0. The average Bonchev–Trinajstić information content (AvgIpc) is 2.47. The fraction of sp³-hybridized carbons (Fsp3) is 0.909.